The lowest BCUT2D eigenvalue weighted by atomic mass is 10.1. The highest BCUT2D eigenvalue weighted by Gasteiger charge is 2.20. The van der Waals surface area contributed by atoms with Gasteiger partial charge in [-0.2, -0.15) is 8.42 Å². The molecule has 1 unspecified atom stereocenters. The summed E-state index contributed by atoms with van der Waals surface area (Å²) in [6.45, 7) is 1.83. The van der Waals surface area contributed by atoms with Crippen LogP contribution in [0.25, 0.3) is 0 Å². The van der Waals surface area contributed by atoms with Crippen molar-refractivity contribution in [3.8, 4) is 0 Å². The highest BCUT2D eigenvalue weighted by molar-refractivity contribution is 7.86. The van der Waals surface area contributed by atoms with Gasteiger partial charge in [0.25, 0.3) is 10.1 Å². The van der Waals surface area contributed by atoms with Gasteiger partial charge in [0, 0.05) is 6.61 Å². The van der Waals surface area contributed by atoms with E-state index in [1.54, 1.807) is 0 Å². The van der Waals surface area contributed by atoms with Crippen molar-refractivity contribution in [3.63, 3.8) is 0 Å². The molecule has 0 saturated carbocycles. The van der Waals surface area contributed by atoms with Crippen LogP contribution in [0, 0.1) is 0 Å². The second-order valence-electron chi connectivity index (χ2n) is 2.79. The lowest BCUT2D eigenvalue weighted by Crippen LogP contribution is -2.20. The summed E-state index contributed by atoms with van der Waals surface area (Å²) in [5.41, 5.74) is 0. The first-order valence-corrected chi connectivity index (χ1v) is 5.59. The summed E-state index contributed by atoms with van der Waals surface area (Å²) in [6.07, 6.45) is 1.93. The highest BCUT2D eigenvalue weighted by Crippen LogP contribution is 2.12. The molecule has 0 heterocycles. The van der Waals surface area contributed by atoms with Crippen LogP contribution >= 0.6 is 0 Å². The average molecular weight is 196 g/mol. The van der Waals surface area contributed by atoms with E-state index in [0.29, 0.717) is 19.3 Å². The summed E-state index contributed by atoms with van der Waals surface area (Å²) in [7, 11) is -3.91. The molecule has 0 rings (SSSR count). The van der Waals surface area contributed by atoms with Crippen LogP contribution in [0.4, 0.5) is 0 Å². The minimum Gasteiger partial charge on any atom is -0.396 e. The van der Waals surface area contributed by atoms with E-state index in [2.05, 4.69) is 0 Å². The lowest BCUT2D eigenvalue weighted by Gasteiger charge is -2.11. The molecule has 74 valence electrons. The van der Waals surface area contributed by atoms with E-state index in [-0.39, 0.29) is 6.61 Å². The molecule has 0 spiro atoms. The third-order valence-corrected chi connectivity index (χ3v) is 3.03. The lowest BCUT2D eigenvalue weighted by molar-refractivity contribution is 0.281. The smallest absolute Gasteiger partial charge is 0.267 e. The molecule has 0 aliphatic carbocycles. The van der Waals surface area contributed by atoms with Crippen LogP contribution in [0.15, 0.2) is 0 Å². The predicted octanol–water partition coefficient (Wildman–Crippen LogP) is 0.815. The summed E-state index contributed by atoms with van der Waals surface area (Å²) < 4.78 is 30.1. The van der Waals surface area contributed by atoms with Crippen molar-refractivity contribution < 1.29 is 18.1 Å². The minimum atomic E-state index is -3.91. The van der Waals surface area contributed by atoms with Crippen molar-refractivity contribution in [2.75, 3.05) is 6.61 Å². The third kappa shape index (κ3) is 4.69. The van der Waals surface area contributed by atoms with Crippen LogP contribution in [-0.4, -0.2) is 29.9 Å². The molecule has 0 aromatic heterocycles. The molecular weight excluding hydrogens is 180 g/mol. The number of aliphatic hydroxyl groups is 1. The maximum atomic E-state index is 10.7. The zero-order valence-electron chi connectivity index (χ0n) is 7.23. The standard InChI is InChI=1S/C7H16O4S/c1-2-4-7(5-3-6-8)12(9,10)11/h7-8H,2-6H2,1H3,(H,9,10,11). The number of rotatable bonds is 6. The molecule has 0 aromatic rings. The molecule has 12 heavy (non-hydrogen) atoms. The van der Waals surface area contributed by atoms with Gasteiger partial charge in [-0.15, -0.1) is 0 Å². The average Bonchev–Trinajstić information content (AvgIpc) is 1.95. The Morgan fingerprint density at radius 2 is 1.92 bits per heavy atom. The van der Waals surface area contributed by atoms with Crippen molar-refractivity contribution in [2.24, 2.45) is 0 Å². The molecule has 2 N–H and O–H groups in total. The first-order chi connectivity index (χ1) is 5.52. The molecule has 0 aliphatic rings. The quantitative estimate of drug-likeness (QED) is 0.617. The van der Waals surface area contributed by atoms with Crippen LogP contribution < -0.4 is 0 Å². The minimum absolute atomic E-state index is 0.0320. The van der Waals surface area contributed by atoms with Crippen molar-refractivity contribution in [1.29, 1.82) is 0 Å². The Kier molecular flexibility index (Phi) is 5.44. The first kappa shape index (κ1) is 11.9. The Balaban J connectivity index is 4.05. The van der Waals surface area contributed by atoms with Crippen LogP contribution in [-0.2, 0) is 10.1 Å². The molecule has 4 nitrogen and oxygen atoms in total. The topological polar surface area (TPSA) is 74.6 Å². The Labute approximate surface area is 73.4 Å². The van der Waals surface area contributed by atoms with Crippen LogP contribution in [0.3, 0.4) is 0 Å². The van der Waals surface area contributed by atoms with E-state index in [1.807, 2.05) is 6.92 Å². The van der Waals surface area contributed by atoms with Crippen molar-refractivity contribution in [1.82, 2.24) is 0 Å². The van der Waals surface area contributed by atoms with Gasteiger partial charge < -0.3 is 5.11 Å². The van der Waals surface area contributed by atoms with E-state index >= 15 is 0 Å². The van der Waals surface area contributed by atoms with Gasteiger partial charge in [0.05, 0.1) is 5.25 Å². The molecule has 0 amide bonds. The molecule has 0 aliphatic heterocycles. The molecule has 0 radical (unpaired) electrons. The number of hydrogen-bond acceptors (Lipinski definition) is 3. The molecular formula is C7H16O4S. The van der Waals surface area contributed by atoms with E-state index in [4.69, 9.17) is 9.66 Å². The second-order valence-corrected chi connectivity index (χ2v) is 4.49. The van der Waals surface area contributed by atoms with Crippen molar-refractivity contribution in [3.05, 3.63) is 0 Å². The predicted molar refractivity (Wildman–Crippen MR) is 46.6 cm³/mol. The van der Waals surface area contributed by atoms with E-state index < -0.39 is 15.4 Å². The molecule has 5 heteroatoms. The summed E-state index contributed by atoms with van der Waals surface area (Å²) in [5.74, 6) is 0. The van der Waals surface area contributed by atoms with Crippen LogP contribution in [0.2, 0.25) is 0 Å². The largest absolute Gasteiger partial charge is 0.396 e. The zero-order valence-corrected chi connectivity index (χ0v) is 8.05. The third-order valence-electron chi connectivity index (χ3n) is 1.72. The Bertz CT molecular complexity index is 197. The second kappa shape index (κ2) is 5.50. The zero-order chi connectivity index (χ0) is 9.61. The molecule has 0 aromatic carbocycles. The van der Waals surface area contributed by atoms with Gasteiger partial charge >= 0.3 is 0 Å². The molecule has 0 fully saturated rings. The van der Waals surface area contributed by atoms with E-state index in [0.717, 1.165) is 6.42 Å². The fourth-order valence-electron chi connectivity index (χ4n) is 1.08. The summed E-state index contributed by atoms with van der Waals surface area (Å²) in [6, 6.07) is 0. The molecule has 0 bridgehead atoms. The summed E-state index contributed by atoms with van der Waals surface area (Å²) >= 11 is 0. The Morgan fingerprint density at radius 3 is 2.25 bits per heavy atom. The molecule has 1 atom stereocenters. The maximum Gasteiger partial charge on any atom is 0.267 e. The maximum absolute atomic E-state index is 10.7. The monoisotopic (exact) mass is 196 g/mol. The normalized spacial score (nSPS) is 14.6. The van der Waals surface area contributed by atoms with Crippen LogP contribution in [0.1, 0.15) is 32.6 Å². The fourth-order valence-corrected chi connectivity index (χ4v) is 2.08. The fraction of sp³-hybridized carbons (Fsp3) is 1.00. The van der Waals surface area contributed by atoms with Crippen LogP contribution in [0.5, 0.6) is 0 Å². The van der Waals surface area contributed by atoms with Gasteiger partial charge in [-0.25, -0.2) is 0 Å². The van der Waals surface area contributed by atoms with E-state index in [1.165, 1.54) is 0 Å². The summed E-state index contributed by atoms with van der Waals surface area (Å²) in [5, 5.41) is 7.77. The van der Waals surface area contributed by atoms with Gasteiger partial charge in [0.15, 0.2) is 0 Å². The van der Waals surface area contributed by atoms with Crippen molar-refractivity contribution >= 4 is 10.1 Å². The van der Waals surface area contributed by atoms with Gasteiger partial charge in [-0.1, -0.05) is 13.3 Å². The van der Waals surface area contributed by atoms with Gasteiger partial charge in [0.2, 0.25) is 0 Å². The van der Waals surface area contributed by atoms with E-state index in [9.17, 15) is 8.42 Å². The molecule has 0 saturated heterocycles. The van der Waals surface area contributed by atoms with Gasteiger partial charge in [-0.05, 0) is 19.3 Å². The van der Waals surface area contributed by atoms with Gasteiger partial charge in [0.1, 0.15) is 0 Å². The highest BCUT2D eigenvalue weighted by atomic mass is 32.2. The Morgan fingerprint density at radius 1 is 1.33 bits per heavy atom. The SMILES string of the molecule is CCCC(CCCO)S(=O)(=O)O. The van der Waals surface area contributed by atoms with Crippen molar-refractivity contribution in [2.45, 2.75) is 37.9 Å². The Hall–Kier alpha value is -0.130. The number of hydrogen-bond donors (Lipinski definition) is 2. The first-order valence-electron chi connectivity index (χ1n) is 4.09. The summed E-state index contributed by atoms with van der Waals surface area (Å²) in [4.78, 5) is 0. The van der Waals surface area contributed by atoms with Gasteiger partial charge in [-0.3, -0.25) is 4.55 Å². The number of aliphatic hydroxyl groups excluding tert-OH is 1.